The van der Waals surface area contributed by atoms with Gasteiger partial charge in [0.1, 0.15) is 30.6 Å². The summed E-state index contributed by atoms with van der Waals surface area (Å²) in [5.74, 6) is -0.577. The van der Waals surface area contributed by atoms with Crippen LogP contribution in [0.5, 0.6) is 0 Å². The Hall–Kier alpha value is -2.21. The summed E-state index contributed by atoms with van der Waals surface area (Å²) in [5, 5.41) is 2.90. The molecule has 0 aromatic rings. The molecule has 1 amide bonds. The van der Waals surface area contributed by atoms with Crippen LogP contribution in [0.3, 0.4) is 0 Å². The summed E-state index contributed by atoms with van der Waals surface area (Å²) >= 11 is 0. The van der Waals surface area contributed by atoms with Gasteiger partial charge in [0, 0.05) is 13.0 Å². The van der Waals surface area contributed by atoms with E-state index in [9.17, 15) is 14.4 Å². The number of hydrogen-bond donors (Lipinski definition) is 1. The molecule has 10 nitrogen and oxygen atoms in total. The minimum atomic E-state index is -2.25. The van der Waals surface area contributed by atoms with E-state index in [2.05, 4.69) is 59.6 Å². The fourth-order valence-electron chi connectivity index (χ4n) is 5.82. The average Bonchev–Trinajstić information content (AvgIpc) is 3.09. The van der Waals surface area contributed by atoms with Crippen LogP contribution in [-0.4, -0.2) is 76.6 Å². The number of carbonyl (C=O) groups excluding carboxylic acids is 3. The molecule has 1 aliphatic rings. The topological polar surface area (TPSA) is 119 Å². The van der Waals surface area contributed by atoms with Gasteiger partial charge < -0.3 is 33.4 Å². The Bertz CT molecular complexity index is 1030. The average molecular weight is 754 g/mol. The molecule has 0 radical (unpaired) electrons. The predicted molar refractivity (Wildman–Crippen MR) is 211 cm³/mol. The first-order chi connectivity index (χ1) is 24.8. The van der Waals surface area contributed by atoms with Gasteiger partial charge in [0.15, 0.2) is 14.4 Å². The zero-order valence-corrected chi connectivity index (χ0v) is 35.1. The number of unbranched alkanes of at least 4 members (excludes halogenated alkanes) is 13. The zero-order chi connectivity index (χ0) is 38.8. The van der Waals surface area contributed by atoms with Crippen LogP contribution in [-0.2, 0) is 37.7 Å². The van der Waals surface area contributed by atoms with Crippen molar-refractivity contribution in [3.8, 4) is 0 Å². The Labute approximate surface area is 317 Å². The molecule has 1 fully saturated rings. The number of carbonyl (C=O) groups is 3. The summed E-state index contributed by atoms with van der Waals surface area (Å²) in [6.45, 7) is 21.0. The molecule has 1 heterocycles. The third-order valence-electron chi connectivity index (χ3n) is 10.0. The Kier molecular flexibility index (Phi) is 25.2. The lowest BCUT2D eigenvalue weighted by molar-refractivity contribution is -0.264. The van der Waals surface area contributed by atoms with Crippen molar-refractivity contribution in [2.45, 2.75) is 199 Å². The number of rotatable bonds is 29. The van der Waals surface area contributed by atoms with Crippen molar-refractivity contribution in [1.82, 2.24) is 5.32 Å². The van der Waals surface area contributed by atoms with Gasteiger partial charge in [-0.3, -0.25) is 9.59 Å². The van der Waals surface area contributed by atoms with Gasteiger partial charge in [-0.25, -0.2) is 4.79 Å². The van der Waals surface area contributed by atoms with Crippen LogP contribution in [0.15, 0.2) is 25.0 Å². The Morgan fingerprint density at radius 1 is 0.846 bits per heavy atom. The van der Waals surface area contributed by atoms with Crippen molar-refractivity contribution in [1.29, 1.82) is 0 Å². The van der Waals surface area contributed by atoms with Gasteiger partial charge in [0.25, 0.3) is 0 Å². The molecule has 5 atom stereocenters. The summed E-state index contributed by atoms with van der Waals surface area (Å²) in [7, 11) is -2.25. The Morgan fingerprint density at radius 2 is 1.42 bits per heavy atom. The minimum Gasteiger partial charge on any atom is -0.471 e. The maximum Gasteiger partial charge on any atom is 0.509 e. The first-order valence-electron chi connectivity index (χ1n) is 20.2. The van der Waals surface area contributed by atoms with Crippen LogP contribution in [0.2, 0.25) is 18.1 Å². The van der Waals surface area contributed by atoms with Crippen molar-refractivity contribution < 1.29 is 42.5 Å². The largest absolute Gasteiger partial charge is 0.509 e. The lowest BCUT2D eigenvalue weighted by Crippen LogP contribution is -2.66. The molecule has 1 aliphatic heterocycles. The van der Waals surface area contributed by atoms with Gasteiger partial charge in [0.2, 0.25) is 12.2 Å². The predicted octanol–water partition coefficient (Wildman–Crippen LogP) is 10.1. The first-order valence-corrected chi connectivity index (χ1v) is 23.1. The van der Waals surface area contributed by atoms with Crippen LogP contribution in [0.4, 0.5) is 4.79 Å². The van der Waals surface area contributed by atoms with Gasteiger partial charge in [-0.15, -0.1) is 0 Å². The third kappa shape index (κ3) is 19.7. The van der Waals surface area contributed by atoms with Crippen LogP contribution in [0, 0.1) is 0 Å². The van der Waals surface area contributed by atoms with Crippen molar-refractivity contribution in [2.24, 2.45) is 0 Å². The third-order valence-corrected chi connectivity index (χ3v) is 14.5. The molecule has 52 heavy (non-hydrogen) atoms. The second-order valence-corrected chi connectivity index (χ2v) is 20.5. The highest BCUT2D eigenvalue weighted by molar-refractivity contribution is 6.74. The fraction of sp³-hybridized carbons (Fsp3) is 0.829. The number of Topliss-reactive ketones (excluding diaryl/α,β-unsaturated/α-hetero) is 1. The second kappa shape index (κ2) is 27.4. The van der Waals surface area contributed by atoms with Crippen molar-refractivity contribution in [3.63, 3.8) is 0 Å². The van der Waals surface area contributed by atoms with Crippen LogP contribution in [0.1, 0.15) is 151 Å². The molecule has 0 spiro atoms. The lowest BCUT2D eigenvalue weighted by Gasteiger charge is -2.46. The standard InChI is InChI=1S/C41H75NO9Si/c1-10-14-16-18-20-22-24-26-30-46-38-36(42-35(44)31-33(43)27-25-23-21-19-17-15-11-2)39(47-28-12-3)50-34(32-49-52(8,9)41(5,6)7)37(38)51-40(45)48-29-13-4/h12-13,28,34,36-39H,4,10-11,14-27,29-32H2,1-3,5-9H3,(H,42,44)/b28-12-/t34-,36-,37-,38-,39+/m1/s1. The number of amides is 1. The summed E-state index contributed by atoms with van der Waals surface area (Å²) < 4.78 is 36.8. The molecule has 1 rings (SSSR count). The van der Waals surface area contributed by atoms with E-state index < -0.39 is 51.0 Å². The van der Waals surface area contributed by atoms with Crippen LogP contribution in [0.25, 0.3) is 0 Å². The smallest absolute Gasteiger partial charge is 0.471 e. The highest BCUT2D eigenvalue weighted by Crippen LogP contribution is 2.37. The molecule has 302 valence electrons. The Morgan fingerprint density at radius 3 is 1.98 bits per heavy atom. The fourth-order valence-corrected chi connectivity index (χ4v) is 6.84. The number of nitrogens with one attached hydrogen (secondary N) is 1. The minimum absolute atomic E-state index is 0.0324. The summed E-state index contributed by atoms with van der Waals surface area (Å²) in [5.41, 5.74) is 0. The molecule has 0 saturated carbocycles. The second-order valence-electron chi connectivity index (χ2n) is 15.6. The van der Waals surface area contributed by atoms with Crippen LogP contribution < -0.4 is 5.32 Å². The zero-order valence-electron chi connectivity index (χ0n) is 34.1. The molecular formula is C41H75NO9Si. The van der Waals surface area contributed by atoms with E-state index in [-0.39, 0.29) is 30.5 Å². The van der Waals surface area contributed by atoms with Gasteiger partial charge >= 0.3 is 6.16 Å². The van der Waals surface area contributed by atoms with E-state index in [1.807, 2.05) is 6.92 Å². The normalized spacial score (nSPS) is 20.8. The molecule has 0 aliphatic carbocycles. The molecule has 1 saturated heterocycles. The quantitative estimate of drug-likeness (QED) is 0.0199. The van der Waals surface area contributed by atoms with E-state index in [1.165, 1.54) is 70.1 Å². The first kappa shape index (κ1) is 47.8. The number of ketones is 1. The Balaban J connectivity index is 3.26. The van der Waals surface area contributed by atoms with E-state index in [0.717, 1.165) is 38.5 Å². The number of hydrogen-bond acceptors (Lipinski definition) is 9. The molecule has 0 aromatic heterocycles. The van der Waals surface area contributed by atoms with E-state index in [4.69, 9.17) is 28.1 Å². The molecule has 11 heteroatoms. The summed E-state index contributed by atoms with van der Waals surface area (Å²) in [6.07, 6.45) is 16.9. The van der Waals surface area contributed by atoms with Crippen molar-refractivity contribution >= 4 is 26.2 Å². The SMILES string of the molecule is C=CCOC(=O)O[C@H]1[C@H](OCCCCCCCCCC)[C@@H](NC(=O)CC(=O)CCCCCCCCC)[C@@H](O/C=C\C)O[C@@H]1CO[Si](C)(C)C(C)(C)C. The van der Waals surface area contributed by atoms with E-state index in [1.54, 1.807) is 6.08 Å². The number of allylic oxidation sites excluding steroid dienone is 1. The lowest BCUT2D eigenvalue weighted by atomic mass is 9.95. The highest BCUT2D eigenvalue weighted by atomic mass is 28.4. The van der Waals surface area contributed by atoms with Gasteiger partial charge in [0.05, 0.1) is 19.3 Å². The van der Waals surface area contributed by atoms with E-state index >= 15 is 0 Å². The van der Waals surface area contributed by atoms with Gasteiger partial charge in [-0.1, -0.05) is 137 Å². The van der Waals surface area contributed by atoms with Crippen molar-refractivity contribution in [2.75, 3.05) is 19.8 Å². The number of ether oxygens (including phenoxy) is 5. The maximum atomic E-state index is 13.5. The van der Waals surface area contributed by atoms with E-state index in [0.29, 0.717) is 13.0 Å². The van der Waals surface area contributed by atoms with Gasteiger partial charge in [-0.05, 0) is 37.9 Å². The highest BCUT2D eigenvalue weighted by Gasteiger charge is 2.51. The van der Waals surface area contributed by atoms with Gasteiger partial charge in [-0.2, -0.15) is 0 Å². The van der Waals surface area contributed by atoms with Crippen molar-refractivity contribution in [3.05, 3.63) is 25.0 Å². The molecule has 0 aromatic carbocycles. The summed E-state index contributed by atoms with van der Waals surface area (Å²) in [6, 6.07) is -0.898. The molecule has 1 N–H and O–H groups in total. The van der Waals surface area contributed by atoms with Crippen LogP contribution >= 0.6 is 0 Å². The maximum absolute atomic E-state index is 13.5. The summed E-state index contributed by atoms with van der Waals surface area (Å²) in [4.78, 5) is 39.3. The molecule has 0 unspecified atom stereocenters. The molecule has 0 bridgehead atoms. The molecular weight excluding hydrogens is 679 g/mol. The monoisotopic (exact) mass is 754 g/mol.